The zero-order valence-corrected chi connectivity index (χ0v) is 11.8. The molecule has 1 saturated heterocycles. The van der Waals surface area contributed by atoms with Crippen molar-refractivity contribution in [2.24, 2.45) is 5.73 Å². The summed E-state index contributed by atoms with van der Waals surface area (Å²) in [6.45, 7) is 2.15. The van der Waals surface area contributed by atoms with Gasteiger partial charge in [-0.1, -0.05) is 12.1 Å². The minimum atomic E-state index is -0.146. The molecule has 1 aromatic carbocycles. The van der Waals surface area contributed by atoms with Crippen molar-refractivity contribution in [3.05, 3.63) is 35.4 Å². The second kappa shape index (κ2) is 6.52. The molecule has 20 heavy (non-hydrogen) atoms. The van der Waals surface area contributed by atoms with Crippen LogP contribution in [-0.2, 0) is 11.3 Å². The van der Waals surface area contributed by atoms with Crippen LogP contribution in [0.15, 0.2) is 24.3 Å². The molecular formula is C15H21N3O2. The second-order valence-corrected chi connectivity index (χ2v) is 5.15. The molecule has 1 aliphatic rings. The van der Waals surface area contributed by atoms with Crippen molar-refractivity contribution in [2.45, 2.75) is 19.4 Å². The maximum Gasteiger partial charge on any atom is 0.254 e. The number of carbonyl (C=O) groups is 2. The lowest BCUT2D eigenvalue weighted by Gasteiger charge is -2.21. The number of nitrogens with two attached hydrogens (primary N) is 1. The molecule has 0 saturated carbocycles. The second-order valence-electron chi connectivity index (χ2n) is 5.15. The minimum Gasteiger partial charge on any atom is -0.341 e. The van der Waals surface area contributed by atoms with E-state index in [4.69, 9.17) is 5.73 Å². The van der Waals surface area contributed by atoms with E-state index in [1.807, 2.05) is 17.0 Å². The Morgan fingerprint density at radius 1 is 1.30 bits per heavy atom. The van der Waals surface area contributed by atoms with Gasteiger partial charge < -0.3 is 15.5 Å². The molecule has 0 atom stereocenters. The van der Waals surface area contributed by atoms with Crippen LogP contribution in [0.25, 0.3) is 0 Å². The lowest BCUT2D eigenvalue weighted by Crippen LogP contribution is -2.39. The van der Waals surface area contributed by atoms with E-state index in [2.05, 4.69) is 0 Å². The summed E-state index contributed by atoms with van der Waals surface area (Å²) in [4.78, 5) is 27.6. The lowest BCUT2D eigenvalue weighted by molar-refractivity contribution is -0.130. The van der Waals surface area contributed by atoms with E-state index in [1.54, 1.807) is 19.2 Å². The van der Waals surface area contributed by atoms with Gasteiger partial charge in [0.05, 0.1) is 6.54 Å². The van der Waals surface area contributed by atoms with Crippen molar-refractivity contribution < 1.29 is 9.59 Å². The van der Waals surface area contributed by atoms with Gasteiger partial charge in [-0.05, 0) is 30.5 Å². The number of hydrogen-bond donors (Lipinski definition) is 1. The van der Waals surface area contributed by atoms with Crippen molar-refractivity contribution in [1.82, 2.24) is 9.80 Å². The topological polar surface area (TPSA) is 66.6 Å². The van der Waals surface area contributed by atoms with Crippen LogP contribution >= 0.6 is 0 Å². The van der Waals surface area contributed by atoms with Gasteiger partial charge in [0.25, 0.3) is 5.91 Å². The van der Waals surface area contributed by atoms with Crippen molar-refractivity contribution in [3.8, 4) is 0 Å². The van der Waals surface area contributed by atoms with Crippen molar-refractivity contribution >= 4 is 11.8 Å². The summed E-state index contributed by atoms with van der Waals surface area (Å²) in [5, 5.41) is 0. The molecule has 0 radical (unpaired) electrons. The number of likely N-dealkylation sites (tertiary alicyclic amines) is 1. The molecule has 2 N–H and O–H groups in total. The van der Waals surface area contributed by atoms with Gasteiger partial charge in [0.1, 0.15) is 0 Å². The minimum absolute atomic E-state index is 0.0216. The van der Waals surface area contributed by atoms with E-state index in [0.29, 0.717) is 12.1 Å². The number of carbonyl (C=O) groups excluding carboxylic acids is 2. The Labute approximate surface area is 119 Å². The van der Waals surface area contributed by atoms with Crippen LogP contribution in [-0.4, -0.2) is 48.3 Å². The third kappa shape index (κ3) is 3.36. The monoisotopic (exact) mass is 275 g/mol. The molecule has 2 amide bonds. The van der Waals surface area contributed by atoms with Gasteiger partial charge in [0, 0.05) is 32.2 Å². The maximum absolute atomic E-state index is 12.3. The van der Waals surface area contributed by atoms with Gasteiger partial charge in [-0.2, -0.15) is 0 Å². The molecule has 0 spiro atoms. The van der Waals surface area contributed by atoms with E-state index in [1.165, 1.54) is 4.90 Å². The van der Waals surface area contributed by atoms with Crippen molar-refractivity contribution in [1.29, 1.82) is 0 Å². The number of likely N-dealkylation sites (N-methyl/N-ethyl adjacent to an activating group) is 1. The van der Waals surface area contributed by atoms with E-state index < -0.39 is 0 Å². The highest BCUT2D eigenvalue weighted by atomic mass is 16.2. The number of benzene rings is 1. The molecule has 0 aliphatic carbocycles. The predicted octanol–water partition coefficient (Wildman–Crippen LogP) is 0.840. The fourth-order valence-electron chi connectivity index (χ4n) is 2.39. The van der Waals surface area contributed by atoms with Crippen LogP contribution in [0.2, 0.25) is 0 Å². The third-order valence-corrected chi connectivity index (χ3v) is 3.59. The molecule has 108 valence electrons. The molecule has 0 bridgehead atoms. The molecule has 1 heterocycles. The first-order valence-corrected chi connectivity index (χ1v) is 6.94. The number of nitrogens with zero attached hydrogens (tertiary/aromatic N) is 2. The van der Waals surface area contributed by atoms with Gasteiger partial charge in [-0.25, -0.2) is 0 Å². The summed E-state index contributed by atoms with van der Waals surface area (Å²) in [6.07, 6.45) is 2.11. The Morgan fingerprint density at radius 2 is 2.00 bits per heavy atom. The van der Waals surface area contributed by atoms with Crippen LogP contribution in [0.1, 0.15) is 28.8 Å². The SMILES string of the molecule is CN(CC(=O)N1CCCC1)C(=O)c1cccc(CN)c1. The molecule has 1 aliphatic heterocycles. The lowest BCUT2D eigenvalue weighted by atomic mass is 10.1. The van der Waals surface area contributed by atoms with Crippen molar-refractivity contribution in [3.63, 3.8) is 0 Å². The van der Waals surface area contributed by atoms with Gasteiger partial charge in [-0.15, -0.1) is 0 Å². The Bertz CT molecular complexity index is 496. The largest absolute Gasteiger partial charge is 0.341 e. The predicted molar refractivity (Wildman–Crippen MR) is 77.1 cm³/mol. The third-order valence-electron chi connectivity index (χ3n) is 3.59. The molecule has 5 nitrogen and oxygen atoms in total. The van der Waals surface area contributed by atoms with E-state index in [-0.39, 0.29) is 18.4 Å². The smallest absolute Gasteiger partial charge is 0.254 e. The molecule has 0 aromatic heterocycles. The van der Waals surface area contributed by atoms with Crippen LogP contribution in [0.5, 0.6) is 0 Å². The highest BCUT2D eigenvalue weighted by Gasteiger charge is 2.21. The molecular weight excluding hydrogens is 254 g/mol. The average Bonchev–Trinajstić information content (AvgIpc) is 3.00. The summed E-state index contributed by atoms with van der Waals surface area (Å²) in [6, 6.07) is 7.22. The highest BCUT2D eigenvalue weighted by Crippen LogP contribution is 2.10. The molecule has 5 heteroatoms. The first-order chi connectivity index (χ1) is 9.61. The van der Waals surface area contributed by atoms with Gasteiger partial charge in [-0.3, -0.25) is 9.59 Å². The fraction of sp³-hybridized carbons (Fsp3) is 0.467. The van der Waals surface area contributed by atoms with Crippen molar-refractivity contribution in [2.75, 3.05) is 26.7 Å². The maximum atomic E-state index is 12.3. The van der Waals surface area contributed by atoms with E-state index >= 15 is 0 Å². The Kier molecular flexibility index (Phi) is 4.74. The summed E-state index contributed by atoms with van der Waals surface area (Å²) in [5.41, 5.74) is 7.06. The highest BCUT2D eigenvalue weighted by molar-refractivity contribution is 5.96. The molecule has 1 fully saturated rings. The number of amides is 2. The van der Waals surface area contributed by atoms with Gasteiger partial charge in [0.2, 0.25) is 5.91 Å². The molecule has 0 unspecified atom stereocenters. The Hall–Kier alpha value is -1.88. The average molecular weight is 275 g/mol. The van der Waals surface area contributed by atoms with E-state index in [9.17, 15) is 9.59 Å². The van der Waals surface area contributed by atoms with Crippen LogP contribution in [0.4, 0.5) is 0 Å². The summed E-state index contributed by atoms with van der Waals surface area (Å²) < 4.78 is 0. The molecule has 2 rings (SSSR count). The first kappa shape index (κ1) is 14.5. The number of rotatable bonds is 4. The fourth-order valence-corrected chi connectivity index (χ4v) is 2.39. The zero-order valence-electron chi connectivity index (χ0n) is 11.8. The standard InChI is InChI=1S/C15H21N3O2/c1-17(11-14(19)18-7-2-3-8-18)15(20)13-6-4-5-12(9-13)10-16/h4-6,9H,2-3,7-8,10-11,16H2,1H3. The summed E-state index contributed by atoms with van der Waals surface area (Å²) in [5.74, 6) is -0.124. The summed E-state index contributed by atoms with van der Waals surface area (Å²) >= 11 is 0. The van der Waals surface area contributed by atoms with Gasteiger partial charge >= 0.3 is 0 Å². The van der Waals surface area contributed by atoms with Crippen LogP contribution < -0.4 is 5.73 Å². The first-order valence-electron chi connectivity index (χ1n) is 6.94. The Balaban J connectivity index is 1.98. The van der Waals surface area contributed by atoms with E-state index in [0.717, 1.165) is 31.5 Å². The summed E-state index contributed by atoms with van der Waals surface area (Å²) in [7, 11) is 1.66. The Morgan fingerprint density at radius 3 is 2.65 bits per heavy atom. The normalized spacial score (nSPS) is 14.4. The van der Waals surface area contributed by atoms with Crippen LogP contribution in [0, 0.1) is 0 Å². The molecule has 1 aromatic rings. The quantitative estimate of drug-likeness (QED) is 0.885. The van der Waals surface area contributed by atoms with Crippen LogP contribution in [0.3, 0.4) is 0 Å². The van der Waals surface area contributed by atoms with Gasteiger partial charge in [0.15, 0.2) is 0 Å². The zero-order chi connectivity index (χ0) is 14.5. The number of hydrogen-bond acceptors (Lipinski definition) is 3.